The van der Waals surface area contributed by atoms with Crippen LogP contribution in [0.3, 0.4) is 0 Å². The Hall–Kier alpha value is -4.84. The number of nitro benzene ring substituents is 1. The van der Waals surface area contributed by atoms with Crippen LogP contribution in [-0.2, 0) is 0 Å². The molecule has 0 spiro atoms. The average molecular weight is 474 g/mol. The predicted octanol–water partition coefficient (Wildman–Crippen LogP) is 6.85. The fourth-order valence-corrected chi connectivity index (χ4v) is 4.24. The minimum Gasteiger partial charge on any atom is -0.289 e. The molecule has 1 aliphatic heterocycles. The van der Waals surface area contributed by atoms with E-state index >= 15 is 0 Å². The molecule has 6 heteroatoms. The van der Waals surface area contributed by atoms with Crippen molar-refractivity contribution < 1.29 is 9.72 Å². The lowest BCUT2D eigenvalue weighted by Crippen LogP contribution is -2.18. The zero-order chi connectivity index (χ0) is 24.9. The highest BCUT2D eigenvalue weighted by Gasteiger charge is 2.29. The predicted molar refractivity (Wildman–Crippen MR) is 142 cm³/mol. The number of rotatable bonds is 7. The van der Waals surface area contributed by atoms with Crippen LogP contribution >= 0.6 is 0 Å². The first kappa shape index (κ1) is 22.9. The molecule has 4 aromatic carbocycles. The molecule has 5 rings (SSSR count). The van der Waals surface area contributed by atoms with Gasteiger partial charge in [0.2, 0.25) is 0 Å². The number of hydrogen-bond acceptors (Lipinski definition) is 5. The van der Waals surface area contributed by atoms with Crippen LogP contribution in [-0.4, -0.2) is 16.4 Å². The van der Waals surface area contributed by atoms with Crippen molar-refractivity contribution in [3.8, 4) is 0 Å². The van der Waals surface area contributed by atoms with Gasteiger partial charge < -0.3 is 0 Å². The number of hydrogen-bond donors (Lipinski definition) is 0. The third-order valence-corrected chi connectivity index (χ3v) is 6.15. The second kappa shape index (κ2) is 10.2. The van der Waals surface area contributed by atoms with Gasteiger partial charge in [-0.05, 0) is 47.0 Å². The van der Waals surface area contributed by atoms with E-state index < -0.39 is 4.92 Å². The number of benzene rings is 4. The van der Waals surface area contributed by atoms with Gasteiger partial charge in [-0.1, -0.05) is 78.9 Å². The second-order valence-corrected chi connectivity index (χ2v) is 8.48. The largest absolute Gasteiger partial charge is 0.289 e. The summed E-state index contributed by atoms with van der Waals surface area (Å²) in [7, 11) is 0. The molecule has 1 unspecified atom stereocenters. The summed E-state index contributed by atoms with van der Waals surface area (Å²) in [6.07, 6.45) is 4.02. The number of nitro groups is 1. The zero-order valence-corrected chi connectivity index (χ0v) is 19.4. The Labute approximate surface area is 209 Å². The molecule has 0 bridgehead atoms. The fraction of sp³-hybridized carbons (Fsp3) is 0.0667. The van der Waals surface area contributed by atoms with Crippen LogP contribution in [0.2, 0.25) is 0 Å². The van der Waals surface area contributed by atoms with Gasteiger partial charge in [-0.3, -0.25) is 19.9 Å². The normalized spacial score (nSPS) is 15.2. The first-order chi connectivity index (χ1) is 17.6. The van der Waals surface area contributed by atoms with Gasteiger partial charge in [-0.25, -0.2) is 0 Å². The highest BCUT2D eigenvalue weighted by atomic mass is 16.6. The molecule has 0 saturated heterocycles. The molecule has 4 aromatic rings. The van der Waals surface area contributed by atoms with Crippen molar-refractivity contribution in [2.45, 2.75) is 12.5 Å². The molecule has 1 aliphatic rings. The molecule has 1 atom stereocenters. The first-order valence-corrected chi connectivity index (χ1v) is 11.6. The van der Waals surface area contributed by atoms with E-state index in [0.29, 0.717) is 5.56 Å². The van der Waals surface area contributed by atoms with Crippen LogP contribution in [0.1, 0.15) is 39.5 Å². The van der Waals surface area contributed by atoms with E-state index in [1.165, 1.54) is 35.9 Å². The van der Waals surface area contributed by atoms with Crippen LogP contribution in [0.5, 0.6) is 0 Å². The van der Waals surface area contributed by atoms with Gasteiger partial charge in [0.15, 0.2) is 5.78 Å². The Bertz CT molecular complexity index is 1430. The maximum absolute atomic E-state index is 12.5. The Balaban J connectivity index is 1.36. The highest BCUT2D eigenvalue weighted by molar-refractivity contribution is 6.07. The second-order valence-electron chi connectivity index (χ2n) is 8.48. The number of allylic oxidation sites excluding steroid dienone is 1. The molecule has 36 heavy (non-hydrogen) atoms. The molecule has 1 heterocycles. The van der Waals surface area contributed by atoms with Crippen molar-refractivity contribution >= 4 is 28.9 Å². The summed E-state index contributed by atoms with van der Waals surface area (Å²) < 4.78 is 0. The number of nitrogens with zero attached hydrogens (tertiary/aromatic N) is 3. The lowest BCUT2D eigenvalue weighted by Gasteiger charge is -2.24. The van der Waals surface area contributed by atoms with E-state index in [4.69, 9.17) is 5.10 Å². The van der Waals surface area contributed by atoms with Crippen LogP contribution in [0.4, 0.5) is 11.4 Å². The van der Waals surface area contributed by atoms with Gasteiger partial charge in [0.25, 0.3) is 5.69 Å². The molecule has 0 radical (unpaired) electrons. The van der Waals surface area contributed by atoms with Crippen molar-refractivity contribution in [3.05, 3.63) is 148 Å². The minimum atomic E-state index is -0.485. The molecule has 0 saturated carbocycles. The quantitative estimate of drug-likeness (QED) is 0.127. The number of anilines is 1. The topological polar surface area (TPSA) is 75.8 Å². The van der Waals surface area contributed by atoms with E-state index in [1.807, 2.05) is 60.7 Å². The molecule has 0 aliphatic carbocycles. The molecule has 0 fully saturated rings. The lowest BCUT2D eigenvalue weighted by molar-refractivity contribution is -0.384. The smallest absolute Gasteiger partial charge is 0.269 e. The summed E-state index contributed by atoms with van der Waals surface area (Å²) in [6, 6.07) is 34.2. The van der Waals surface area contributed by atoms with Gasteiger partial charge in [-0.2, -0.15) is 5.10 Å². The number of ketones is 1. The van der Waals surface area contributed by atoms with Gasteiger partial charge in [0.1, 0.15) is 0 Å². The number of hydrazone groups is 1. The van der Waals surface area contributed by atoms with E-state index in [2.05, 4.69) is 29.3 Å². The lowest BCUT2D eigenvalue weighted by atomic mass is 9.98. The first-order valence-electron chi connectivity index (χ1n) is 11.6. The summed E-state index contributed by atoms with van der Waals surface area (Å²) in [4.78, 5) is 22.8. The number of carbonyl (C=O) groups is 1. The molecule has 0 amide bonds. The zero-order valence-electron chi connectivity index (χ0n) is 19.4. The Kier molecular flexibility index (Phi) is 6.49. The van der Waals surface area contributed by atoms with Gasteiger partial charge in [-0.15, -0.1) is 0 Å². The Morgan fingerprint density at radius 1 is 0.861 bits per heavy atom. The molecule has 176 valence electrons. The summed E-state index contributed by atoms with van der Waals surface area (Å²) in [5, 5.41) is 17.8. The van der Waals surface area contributed by atoms with Crippen molar-refractivity contribution in [2.75, 3.05) is 5.01 Å². The van der Waals surface area contributed by atoms with Crippen LogP contribution < -0.4 is 5.01 Å². The van der Waals surface area contributed by atoms with E-state index in [1.54, 1.807) is 6.08 Å². The van der Waals surface area contributed by atoms with Crippen molar-refractivity contribution in [1.82, 2.24) is 0 Å². The van der Waals surface area contributed by atoms with Gasteiger partial charge in [0, 0.05) is 24.1 Å². The summed E-state index contributed by atoms with van der Waals surface area (Å²) in [5.74, 6) is -0.213. The van der Waals surface area contributed by atoms with E-state index in [0.717, 1.165) is 28.9 Å². The van der Waals surface area contributed by atoms with Crippen molar-refractivity contribution in [3.63, 3.8) is 0 Å². The maximum atomic E-state index is 12.5. The SMILES string of the molecule is O=C(/C=C/c1ccc(N2N=C(c3ccccc3)CC2c2ccccc2)cc1)c1ccc([N+](=O)[O-])cc1. The number of non-ortho nitro benzene ring substituents is 1. The molecular weight excluding hydrogens is 450 g/mol. The Morgan fingerprint density at radius 3 is 2.14 bits per heavy atom. The fourth-order valence-electron chi connectivity index (χ4n) is 4.24. The van der Waals surface area contributed by atoms with Gasteiger partial charge >= 0.3 is 0 Å². The van der Waals surface area contributed by atoms with Crippen molar-refractivity contribution in [1.29, 1.82) is 0 Å². The summed E-state index contributed by atoms with van der Waals surface area (Å²) in [6.45, 7) is 0. The minimum absolute atomic E-state index is 0.0417. The summed E-state index contributed by atoms with van der Waals surface area (Å²) >= 11 is 0. The monoisotopic (exact) mass is 473 g/mol. The van der Waals surface area contributed by atoms with Crippen LogP contribution in [0.15, 0.2) is 120 Å². The molecule has 0 aromatic heterocycles. The summed E-state index contributed by atoms with van der Waals surface area (Å²) in [5.41, 5.74) is 5.56. The number of carbonyl (C=O) groups excluding carboxylic acids is 1. The molecular formula is C30H23N3O3. The average Bonchev–Trinajstić information content (AvgIpc) is 3.39. The third kappa shape index (κ3) is 4.98. The van der Waals surface area contributed by atoms with Crippen LogP contribution in [0.25, 0.3) is 6.08 Å². The van der Waals surface area contributed by atoms with Crippen LogP contribution in [0, 0.1) is 10.1 Å². The Morgan fingerprint density at radius 2 is 1.50 bits per heavy atom. The third-order valence-electron chi connectivity index (χ3n) is 6.15. The standard InChI is InChI=1S/C30H23N3O3/c34-30(25-14-18-27(19-15-25)33(35)36)20-13-22-11-16-26(17-12-22)32-29(24-9-5-2-6-10-24)21-28(31-32)23-7-3-1-4-8-23/h1-20,29H,21H2/b20-13+. The highest BCUT2D eigenvalue weighted by Crippen LogP contribution is 2.36. The van der Waals surface area contributed by atoms with Crippen molar-refractivity contribution in [2.24, 2.45) is 5.10 Å². The van der Waals surface area contributed by atoms with E-state index in [-0.39, 0.29) is 17.5 Å². The molecule has 0 N–H and O–H groups in total. The van der Waals surface area contributed by atoms with Gasteiger partial charge in [0.05, 0.1) is 22.4 Å². The molecule has 6 nitrogen and oxygen atoms in total. The maximum Gasteiger partial charge on any atom is 0.269 e. The van der Waals surface area contributed by atoms with E-state index in [9.17, 15) is 14.9 Å².